The zero-order valence-corrected chi connectivity index (χ0v) is 11.4. The van der Waals surface area contributed by atoms with E-state index < -0.39 is 0 Å². The largest absolute Gasteiger partial charge is 0.312 e. The maximum absolute atomic E-state index is 3.70. The number of rotatable bonds is 5. The summed E-state index contributed by atoms with van der Waals surface area (Å²) in [6.07, 6.45) is 2.80. The van der Waals surface area contributed by atoms with E-state index in [1.165, 1.54) is 32.5 Å². The lowest BCUT2D eigenvalue weighted by atomic mass is 10.0. The quantitative estimate of drug-likeness (QED) is 0.771. The molecule has 1 saturated carbocycles. The highest BCUT2D eigenvalue weighted by Crippen LogP contribution is 2.27. The molecule has 0 spiro atoms. The van der Waals surface area contributed by atoms with Crippen LogP contribution < -0.4 is 5.32 Å². The lowest BCUT2D eigenvalue weighted by Crippen LogP contribution is -2.45. The van der Waals surface area contributed by atoms with Gasteiger partial charge in [-0.1, -0.05) is 27.7 Å². The molecular weight excluding hydrogens is 196 g/mol. The molecule has 1 aliphatic heterocycles. The second-order valence-corrected chi connectivity index (χ2v) is 6.40. The van der Waals surface area contributed by atoms with Crippen LogP contribution in [0.5, 0.6) is 0 Å². The molecule has 2 nitrogen and oxygen atoms in total. The first-order valence-corrected chi connectivity index (χ1v) is 7.05. The first-order chi connectivity index (χ1) is 7.58. The summed E-state index contributed by atoms with van der Waals surface area (Å²) in [5.41, 5.74) is 0. The molecule has 0 amide bonds. The smallest absolute Gasteiger partial charge is 0.0243 e. The summed E-state index contributed by atoms with van der Waals surface area (Å²) in [7, 11) is 0. The Bertz CT molecular complexity index is 213. The van der Waals surface area contributed by atoms with Crippen LogP contribution in [0.4, 0.5) is 0 Å². The SMILES string of the molecule is CC(C)C(CNC1CC1)N1CC(C)C(C)C1. The number of nitrogens with one attached hydrogen (secondary N) is 1. The van der Waals surface area contributed by atoms with E-state index in [2.05, 4.69) is 37.9 Å². The van der Waals surface area contributed by atoms with Gasteiger partial charge in [-0.15, -0.1) is 0 Å². The summed E-state index contributed by atoms with van der Waals surface area (Å²) in [5, 5.41) is 3.70. The molecule has 0 aromatic carbocycles. The predicted octanol–water partition coefficient (Wildman–Crippen LogP) is 2.35. The molecule has 0 bridgehead atoms. The fourth-order valence-electron chi connectivity index (χ4n) is 2.81. The van der Waals surface area contributed by atoms with E-state index in [0.29, 0.717) is 0 Å². The monoisotopic (exact) mass is 224 g/mol. The Morgan fingerprint density at radius 2 is 1.69 bits per heavy atom. The highest BCUT2D eigenvalue weighted by atomic mass is 15.2. The minimum absolute atomic E-state index is 0.744. The van der Waals surface area contributed by atoms with Gasteiger partial charge in [-0.3, -0.25) is 4.90 Å². The molecule has 0 aromatic rings. The van der Waals surface area contributed by atoms with Crippen molar-refractivity contribution in [2.75, 3.05) is 19.6 Å². The molecular formula is C14H28N2. The predicted molar refractivity (Wildman–Crippen MR) is 69.6 cm³/mol. The summed E-state index contributed by atoms with van der Waals surface area (Å²) < 4.78 is 0. The van der Waals surface area contributed by atoms with Crippen LogP contribution in [0.3, 0.4) is 0 Å². The van der Waals surface area contributed by atoms with Crippen LogP contribution in [0.25, 0.3) is 0 Å². The van der Waals surface area contributed by atoms with Crippen LogP contribution in [0.15, 0.2) is 0 Å². The van der Waals surface area contributed by atoms with Crippen LogP contribution in [-0.2, 0) is 0 Å². The third-order valence-electron chi connectivity index (χ3n) is 4.45. The number of nitrogens with zero attached hydrogens (tertiary/aromatic N) is 1. The lowest BCUT2D eigenvalue weighted by Gasteiger charge is -2.31. The average Bonchev–Trinajstić information content (AvgIpc) is 2.95. The van der Waals surface area contributed by atoms with Crippen molar-refractivity contribution in [1.29, 1.82) is 0 Å². The second-order valence-electron chi connectivity index (χ2n) is 6.40. The highest BCUT2D eigenvalue weighted by molar-refractivity contribution is 4.89. The standard InChI is InChI=1S/C14H28N2/c1-10(2)14(7-15-13-5-6-13)16-8-11(3)12(4)9-16/h10-15H,5-9H2,1-4H3. The van der Waals surface area contributed by atoms with Gasteiger partial charge in [0, 0.05) is 31.7 Å². The van der Waals surface area contributed by atoms with E-state index in [9.17, 15) is 0 Å². The Kier molecular flexibility index (Phi) is 3.91. The molecule has 0 aromatic heterocycles. The Hall–Kier alpha value is -0.0800. The molecule has 1 heterocycles. The van der Waals surface area contributed by atoms with Crippen LogP contribution in [0.1, 0.15) is 40.5 Å². The molecule has 2 aliphatic rings. The van der Waals surface area contributed by atoms with Crippen LogP contribution >= 0.6 is 0 Å². The maximum Gasteiger partial charge on any atom is 0.0243 e. The van der Waals surface area contributed by atoms with Crippen molar-refractivity contribution >= 4 is 0 Å². The van der Waals surface area contributed by atoms with E-state index in [1.807, 2.05) is 0 Å². The summed E-state index contributed by atoms with van der Waals surface area (Å²) in [4.78, 5) is 2.72. The summed E-state index contributed by atoms with van der Waals surface area (Å²) >= 11 is 0. The van der Waals surface area contributed by atoms with Gasteiger partial charge in [-0.25, -0.2) is 0 Å². The van der Waals surface area contributed by atoms with Crippen molar-refractivity contribution < 1.29 is 0 Å². The molecule has 1 aliphatic carbocycles. The number of hydrogen-bond acceptors (Lipinski definition) is 2. The average molecular weight is 224 g/mol. The van der Waals surface area contributed by atoms with E-state index in [-0.39, 0.29) is 0 Å². The van der Waals surface area contributed by atoms with Crippen molar-refractivity contribution in [2.45, 2.75) is 52.6 Å². The third kappa shape index (κ3) is 2.98. The molecule has 1 N–H and O–H groups in total. The first-order valence-electron chi connectivity index (χ1n) is 7.05. The topological polar surface area (TPSA) is 15.3 Å². The molecule has 3 unspecified atom stereocenters. The van der Waals surface area contributed by atoms with Crippen molar-refractivity contribution in [3.63, 3.8) is 0 Å². The Labute approximate surface area is 101 Å². The van der Waals surface area contributed by atoms with Gasteiger partial charge in [0.25, 0.3) is 0 Å². The Morgan fingerprint density at radius 1 is 1.12 bits per heavy atom. The fraction of sp³-hybridized carbons (Fsp3) is 1.00. The third-order valence-corrected chi connectivity index (χ3v) is 4.45. The van der Waals surface area contributed by atoms with E-state index in [4.69, 9.17) is 0 Å². The zero-order chi connectivity index (χ0) is 11.7. The van der Waals surface area contributed by atoms with Gasteiger partial charge >= 0.3 is 0 Å². The molecule has 3 atom stereocenters. The van der Waals surface area contributed by atoms with Crippen molar-refractivity contribution in [3.05, 3.63) is 0 Å². The molecule has 2 rings (SSSR count). The molecule has 2 heteroatoms. The van der Waals surface area contributed by atoms with Gasteiger partial charge in [0.2, 0.25) is 0 Å². The molecule has 16 heavy (non-hydrogen) atoms. The number of likely N-dealkylation sites (tertiary alicyclic amines) is 1. The second kappa shape index (κ2) is 5.05. The zero-order valence-electron chi connectivity index (χ0n) is 11.4. The molecule has 1 saturated heterocycles. The van der Waals surface area contributed by atoms with Crippen LogP contribution in [-0.4, -0.2) is 36.6 Å². The van der Waals surface area contributed by atoms with Gasteiger partial charge < -0.3 is 5.32 Å². The first kappa shape index (κ1) is 12.4. The maximum atomic E-state index is 3.70. The summed E-state index contributed by atoms with van der Waals surface area (Å²) in [5.74, 6) is 2.52. The highest BCUT2D eigenvalue weighted by Gasteiger charge is 2.33. The van der Waals surface area contributed by atoms with E-state index in [1.54, 1.807) is 0 Å². The lowest BCUT2D eigenvalue weighted by molar-refractivity contribution is 0.178. The van der Waals surface area contributed by atoms with Gasteiger partial charge in [0.1, 0.15) is 0 Å². The van der Waals surface area contributed by atoms with E-state index in [0.717, 1.165) is 29.8 Å². The van der Waals surface area contributed by atoms with Crippen LogP contribution in [0, 0.1) is 17.8 Å². The molecule has 0 radical (unpaired) electrons. The van der Waals surface area contributed by atoms with Gasteiger partial charge in [0.15, 0.2) is 0 Å². The Balaban J connectivity index is 1.85. The van der Waals surface area contributed by atoms with Crippen LogP contribution in [0.2, 0.25) is 0 Å². The van der Waals surface area contributed by atoms with Crippen molar-refractivity contribution in [2.24, 2.45) is 17.8 Å². The van der Waals surface area contributed by atoms with Gasteiger partial charge in [-0.2, -0.15) is 0 Å². The van der Waals surface area contributed by atoms with Gasteiger partial charge in [0.05, 0.1) is 0 Å². The number of hydrogen-bond donors (Lipinski definition) is 1. The van der Waals surface area contributed by atoms with Crippen molar-refractivity contribution in [1.82, 2.24) is 10.2 Å². The molecule has 94 valence electrons. The van der Waals surface area contributed by atoms with Crippen molar-refractivity contribution in [3.8, 4) is 0 Å². The fourth-order valence-corrected chi connectivity index (χ4v) is 2.81. The minimum Gasteiger partial charge on any atom is -0.312 e. The molecule has 2 fully saturated rings. The van der Waals surface area contributed by atoms with Gasteiger partial charge in [-0.05, 0) is 30.6 Å². The summed E-state index contributed by atoms with van der Waals surface area (Å²) in [6.45, 7) is 13.3. The Morgan fingerprint density at radius 3 is 2.12 bits per heavy atom. The minimum atomic E-state index is 0.744. The summed E-state index contributed by atoms with van der Waals surface area (Å²) in [6, 6.07) is 1.59. The normalized spacial score (nSPS) is 33.6. The van der Waals surface area contributed by atoms with E-state index >= 15 is 0 Å².